The van der Waals surface area contributed by atoms with Gasteiger partial charge in [-0.1, -0.05) is 18.2 Å². The molecule has 7 nitrogen and oxygen atoms in total. The van der Waals surface area contributed by atoms with Gasteiger partial charge in [0.1, 0.15) is 17.5 Å². The van der Waals surface area contributed by atoms with Crippen LogP contribution in [0.3, 0.4) is 0 Å². The lowest BCUT2D eigenvalue weighted by molar-refractivity contribution is 0.0953. The molecule has 2 heterocycles. The quantitative estimate of drug-likeness (QED) is 0.455. The third-order valence-electron chi connectivity index (χ3n) is 5.01. The van der Waals surface area contributed by atoms with Crippen LogP contribution in [0.4, 0.5) is 5.82 Å². The summed E-state index contributed by atoms with van der Waals surface area (Å²) in [6.07, 6.45) is 5.10. The first-order valence-corrected chi connectivity index (χ1v) is 10.0. The van der Waals surface area contributed by atoms with E-state index in [-0.39, 0.29) is 5.91 Å². The first-order chi connectivity index (χ1) is 15.2. The highest BCUT2D eigenvalue weighted by Crippen LogP contribution is 2.21. The fraction of sp³-hybridized carbons (Fsp3) is 0.125. The van der Waals surface area contributed by atoms with Crippen molar-refractivity contribution >= 4 is 11.7 Å². The smallest absolute Gasteiger partial charge is 0.251 e. The van der Waals surface area contributed by atoms with E-state index in [1.807, 2.05) is 71.6 Å². The number of rotatable bonds is 7. The van der Waals surface area contributed by atoms with Gasteiger partial charge in [0, 0.05) is 30.2 Å². The molecule has 0 atom stereocenters. The van der Waals surface area contributed by atoms with Crippen molar-refractivity contribution in [1.82, 2.24) is 19.7 Å². The Hall–Kier alpha value is -4.31. The number of hydrogen-bond acceptors (Lipinski definition) is 4. The summed E-state index contributed by atoms with van der Waals surface area (Å²) in [5.74, 6) is 0.199. The van der Waals surface area contributed by atoms with Crippen molar-refractivity contribution in [2.24, 2.45) is 0 Å². The fourth-order valence-electron chi connectivity index (χ4n) is 3.39. The topological polar surface area (TPSA) is 102 Å². The number of anilines is 1. The van der Waals surface area contributed by atoms with Gasteiger partial charge in [0.25, 0.3) is 5.91 Å². The van der Waals surface area contributed by atoms with Crippen LogP contribution in [-0.2, 0) is 6.42 Å². The summed E-state index contributed by atoms with van der Waals surface area (Å²) in [6.45, 7) is 0.473. The molecule has 7 heteroatoms. The molecule has 3 N–H and O–H groups in total. The van der Waals surface area contributed by atoms with Crippen molar-refractivity contribution in [3.63, 3.8) is 0 Å². The molecular formula is C24H22N6O. The zero-order valence-corrected chi connectivity index (χ0v) is 16.9. The van der Waals surface area contributed by atoms with Gasteiger partial charge in [-0.3, -0.25) is 4.79 Å². The molecule has 4 aromatic rings. The minimum Gasteiger partial charge on any atom is -0.382 e. The van der Waals surface area contributed by atoms with E-state index in [0.717, 1.165) is 11.4 Å². The number of amides is 1. The average molecular weight is 410 g/mol. The minimum absolute atomic E-state index is 0.131. The van der Waals surface area contributed by atoms with Crippen molar-refractivity contribution in [3.8, 4) is 17.4 Å². The standard InChI is InChI=1S/C24H22N6O/c25-17-21-22(28-30(23(21)26)20-7-2-1-3-8-20)9-6-14-27-24(31)18-10-12-19(13-11-18)29-15-4-5-16-29/h1-5,7-8,10-13,15-16H,6,9,14,26H2,(H,27,31). The third kappa shape index (κ3) is 4.33. The number of aromatic nitrogens is 3. The number of para-hydroxylation sites is 1. The lowest BCUT2D eigenvalue weighted by Gasteiger charge is -2.07. The molecule has 31 heavy (non-hydrogen) atoms. The van der Waals surface area contributed by atoms with E-state index < -0.39 is 0 Å². The van der Waals surface area contributed by atoms with Crippen molar-refractivity contribution in [1.29, 1.82) is 5.26 Å². The largest absolute Gasteiger partial charge is 0.382 e. The van der Waals surface area contributed by atoms with Crippen molar-refractivity contribution < 1.29 is 4.79 Å². The Morgan fingerprint density at radius 3 is 2.39 bits per heavy atom. The van der Waals surface area contributed by atoms with Crippen LogP contribution in [-0.4, -0.2) is 26.8 Å². The van der Waals surface area contributed by atoms with E-state index in [1.54, 1.807) is 16.8 Å². The first-order valence-electron chi connectivity index (χ1n) is 10.0. The predicted molar refractivity (Wildman–Crippen MR) is 119 cm³/mol. The normalized spacial score (nSPS) is 10.5. The molecule has 0 fully saturated rings. The maximum absolute atomic E-state index is 12.4. The van der Waals surface area contributed by atoms with Crippen molar-refractivity contribution in [2.75, 3.05) is 12.3 Å². The van der Waals surface area contributed by atoms with Crippen LogP contribution in [0.15, 0.2) is 79.1 Å². The number of carbonyl (C=O) groups excluding carboxylic acids is 1. The summed E-state index contributed by atoms with van der Waals surface area (Å²) >= 11 is 0. The highest BCUT2D eigenvalue weighted by Gasteiger charge is 2.16. The van der Waals surface area contributed by atoms with Crippen LogP contribution >= 0.6 is 0 Å². The molecule has 0 aliphatic carbocycles. The Balaban J connectivity index is 1.34. The number of nitrogens with zero attached hydrogens (tertiary/aromatic N) is 4. The van der Waals surface area contributed by atoms with Crippen molar-refractivity contribution in [3.05, 3.63) is 95.9 Å². The maximum Gasteiger partial charge on any atom is 0.251 e. The Morgan fingerprint density at radius 1 is 1.00 bits per heavy atom. The Bertz CT molecular complexity index is 1200. The number of carbonyl (C=O) groups is 1. The number of nitriles is 1. The van der Waals surface area contributed by atoms with Gasteiger partial charge >= 0.3 is 0 Å². The van der Waals surface area contributed by atoms with Crippen LogP contribution in [0, 0.1) is 11.3 Å². The van der Waals surface area contributed by atoms with E-state index in [2.05, 4.69) is 16.5 Å². The second kappa shape index (κ2) is 9.01. The Labute approximate surface area is 180 Å². The lowest BCUT2D eigenvalue weighted by Crippen LogP contribution is -2.24. The summed E-state index contributed by atoms with van der Waals surface area (Å²) in [7, 11) is 0. The average Bonchev–Trinajstić information content (AvgIpc) is 3.45. The summed E-state index contributed by atoms with van der Waals surface area (Å²) in [6, 6.07) is 22.9. The van der Waals surface area contributed by atoms with E-state index in [0.29, 0.717) is 42.0 Å². The van der Waals surface area contributed by atoms with Gasteiger partial charge in [0.15, 0.2) is 0 Å². The number of nitrogens with two attached hydrogens (primary N) is 1. The number of nitrogens with one attached hydrogen (secondary N) is 1. The van der Waals surface area contributed by atoms with Gasteiger partial charge in [-0.25, -0.2) is 4.68 Å². The summed E-state index contributed by atoms with van der Waals surface area (Å²) in [4.78, 5) is 12.4. The van der Waals surface area contributed by atoms with Crippen LogP contribution in [0.25, 0.3) is 11.4 Å². The van der Waals surface area contributed by atoms with Crippen LogP contribution in [0.2, 0.25) is 0 Å². The number of aryl methyl sites for hydroxylation is 1. The second-order valence-corrected chi connectivity index (χ2v) is 7.06. The predicted octanol–water partition coefficient (Wildman–Crippen LogP) is 3.48. The zero-order valence-electron chi connectivity index (χ0n) is 16.9. The summed E-state index contributed by atoms with van der Waals surface area (Å²) in [5.41, 5.74) is 9.55. The molecule has 0 aliphatic rings. The third-order valence-corrected chi connectivity index (χ3v) is 5.01. The molecular weight excluding hydrogens is 388 g/mol. The maximum atomic E-state index is 12.4. The van der Waals surface area contributed by atoms with Gasteiger partial charge in [-0.15, -0.1) is 0 Å². The molecule has 4 rings (SSSR count). The number of nitrogen functional groups attached to an aromatic ring is 1. The Morgan fingerprint density at radius 2 is 1.71 bits per heavy atom. The lowest BCUT2D eigenvalue weighted by atomic mass is 10.1. The molecule has 0 spiro atoms. The summed E-state index contributed by atoms with van der Waals surface area (Å²) < 4.78 is 3.56. The first kappa shape index (κ1) is 20.0. The van der Waals surface area contributed by atoms with E-state index in [1.165, 1.54) is 0 Å². The molecule has 2 aromatic carbocycles. The van der Waals surface area contributed by atoms with Crippen molar-refractivity contribution in [2.45, 2.75) is 12.8 Å². The van der Waals surface area contributed by atoms with E-state index >= 15 is 0 Å². The molecule has 0 unspecified atom stereocenters. The fourth-order valence-corrected chi connectivity index (χ4v) is 3.39. The van der Waals surface area contributed by atoms with E-state index in [4.69, 9.17) is 5.73 Å². The molecule has 154 valence electrons. The van der Waals surface area contributed by atoms with Gasteiger partial charge < -0.3 is 15.6 Å². The highest BCUT2D eigenvalue weighted by molar-refractivity contribution is 5.94. The second-order valence-electron chi connectivity index (χ2n) is 7.06. The number of hydrogen-bond donors (Lipinski definition) is 2. The molecule has 0 bridgehead atoms. The molecule has 1 amide bonds. The van der Waals surface area contributed by atoms with Crippen LogP contribution < -0.4 is 11.1 Å². The highest BCUT2D eigenvalue weighted by atomic mass is 16.1. The molecule has 0 saturated carbocycles. The monoisotopic (exact) mass is 410 g/mol. The summed E-state index contributed by atoms with van der Waals surface area (Å²) in [5, 5.41) is 16.9. The van der Waals surface area contributed by atoms with Gasteiger partial charge in [0.2, 0.25) is 0 Å². The number of benzene rings is 2. The zero-order chi connectivity index (χ0) is 21.6. The Kier molecular flexibility index (Phi) is 5.81. The molecule has 0 radical (unpaired) electrons. The van der Waals surface area contributed by atoms with Crippen LogP contribution in [0.5, 0.6) is 0 Å². The van der Waals surface area contributed by atoms with Crippen LogP contribution in [0.1, 0.15) is 28.0 Å². The minimum atomic E-state index is -0.131. The molecule has 2 aromatic heterocycles. The van der Waals surface area contributed by atoms with Gasteiger partial charge in [-0.05, 0) is 61.4 Å². The SMILES string of the molecule is N#Cc1c(CCCNC(=O)c2ccc(-n3cccc3)cc2)nn(-c2ccccc2)c1N. The van der Waals surface area contributed by atoms with E-state index in [9.17, 15) is 10.1 Å². The van der Waals surface area contributed by atoms with Gasteiger partial charge in [0.05, 0.1) is 11.4 Å². The molecule has 0 aliphatic heterocycles. The van der Waals surface area contributed by atoms with Gasteiger partial charge in [-0.2, -0.15) is 10.4 Å². The molecule has 0 saturated heterocycles.